The largest absolute Gasteiger partial charge is 0.316 e. The number of halogens is 1. The van der Waals surface area contributed by atoms with Gasteiger partial charge >= 0.3 is 0 Å². The minimum absolute atomic E-state index is 0.339. The Bertz CT molecular complexity index is 329. The highest BCUT2D eigenvalue weighted by Gasteiger charge is 2.32. The Labute approximate surface area is 96.8 Å². The summed E-state index contributed by atoms with van der Waals surface area (Å²) in [4.78, 5) is 0. The standard InChI is InChI=1S/C13H18ClN/c1-13(2)9-15-8-7-12(13)10-3-5-11(14)6-4-10/h3-6,12,15H,7-9H2,1-2H3/t12-/m0/s1. The van der Waals surface area contributed by atoms with Crippen LogP contribution in [0.4, 0.5) is 0 Å². The summed E-state index contributed by atoms with van der Waals surface area (Å²) in [5.74, 6) is 0.649. The van der Waals surface area contributed by atoms with Crippen LogP contribution in [-0.4, -0.2) is 13.1 Å². The first-order valence-electron chi connectivity index (χ1n) is 5.56. The van der Waals surface area contributed by atoms with Crippen LogP contribution >= 0.6 is 11.6 Å². The van der Waals surface area contributed by atoms with Gasteiger partial charge in [-0.25, -0.2) is 0 Å². The lowest BCUT2D eigenvalue weighted by Crippen LogP contribution is -2.41. The molecule has 0 unspecified atom stereocenters. The molecule has 1 heterocycles. The van der Waals surface area contributed by atoms with Gasteiger partial charge in [-0.15, -0.1) is 0 Å². The van der Waals surface area contributed by atoms with Crippen molar-refractivity contribution >= 4 is 11.6 Å². The molecule has 0 saturated carbocycles. The Morgan fingerprint density at radius 2 is 1.93 bits per heavy atom. The zero-order valence-corrected chi connectivity index (χ0v) is 10.1. The van der Waals surface area contributed by atoms with E-state index in [9.17, 15) is 0 Å². The maximum Gasteiger partial charge on any atom is 0.0406 e. The molecule has 1 N–H and O–H groups in total. The van der Waals surface area contributed by atoms with Crippen molar-refractivity contribution in [2.45, 2.75) is 26.2 Å². The van der Waals surface area contributed by atoms with Crippen molar-refractivity contribution in [2.75, 3.05) is 13.1 Å². The highest BCUT2D eigenvalue weighted by Crippen LogP contribution is 2.39. The molecule has 0 radical (unpaired) electrons. The monoisotopic (exact) mass is 223 g/mol. The van der Waals surface area contributed by atoms with E-state index in [-0.39, 0.29) is 0 Å². The molecule has 0 spiro atoms. The summed E-state index contributed by atoms with van der Waals surface area (Å²) in [6, 6.07) is 8.32. The van der Waals surface area contributed by atoms with E-state index in [0.29, 0.717) is 11.3 Å². The molecule has 1 nitrogen and oxygen atoms in total. The van der Waals surface area contributed by atoms with E-state index in [1.165, 1.54) is 12.0 Å². The van der Waals surface area contributed by atoms with Gasteiger partial charge in [0.15, 0.2) is 0 Å². The van der Waals surface area contributed by atoms with E-state index in [1.54, 1.807) is 0 Å². The Morgan fingerprint density at radius 1 is 1.27 bits per heavy atom. The summed E-state index contributed by atoms with van der Waals surface area (Å²) in [5.41, 5.74) is 1.76. The van der Waals surface area contributed by atoms with Crippen molar-refractivity contribution in [3.63, 3.8) is 0 Å². The van der Waals surface area contributed by atoms with Crippen molar-refractivity contribution in [1.82, 2.24) is 5.32 Å². The van der Waals surface area contributed by atoms with E-state index >= 15 is 0 Å². The fraction of sp³-hybridized carbons (Fsp3) is 0.538. The molecule has 0 amide bonds. The van der Waals surface area contributed by atoms with Crippen LogP contribution in [0.25, 0.3) is 0 Å². The second-order valence-corrected chi connectivity index (χ2v) is 5.49. The first-order chi connectivity index (χ1) is 7.09. The van der Waals surface area contributed by atoms with Gasteiger partial charge in [0, 0.05) is 11.6 Å². The maximum absolute atomic E-state index is 5.91. The molecule has 1 aromatic carbocycles. The molecular weight excluding hydrogens is 206 g/mol. The summed E-state index contributed by atoms with van der Waals surface area (Å²) in [7, 11) is 0. The Kier molecular flexibility index (Phi) is 3.03. The third-order valence-electron chi connectivity index (χ3n) is 3.41. The van der Waals surface area contributed by atoms with Gasteiger partial charge in [0.1, 0.15) is 0 Å². The quantitative estimate of drug-likeness (QED) is 0.769. The predicted molar refractivity (Wildman–Crippen MR) is 65.5 cm³/mol. The molecule has 1 aliphatic heterocycles. The molecule has 15 heavy (non-hydrogen) atoms. The van der Waals surface area contributed by atoms with Crippen molar-refractivity contribution < 1.29 is 0 Å². The smallest absolute Gasteiger partial charge is 0.0406 e. The fourth-order valence-corrected chi connectivity index (χ4v) is 2.61. The Balaban J connectivity index is 2.25. The van der Waals surface area contributed by atoms with E-state index in [4.69, 9.17) is 11.6 Å². The molecule has 2 rings (SSSR count). The van der Waals surface area contributed by atoms with Gasteiger partial charge < -0.3 is 5.32 Å². The number of rotatable bonds is 1. The van der Waals surface area contributed by atoms with Gasteiger partial charge in [0.05, 0.1) is 0 Å². The number of nitrogens with one attached hydrogen (secondary N) is 1. The molecule has 82 valence electrons. The predicted octanol–water partition coefficient (Wildman–Crippen LogP) is 3.44. The van der Waals surface area contributed by atoms with Crippen molar-refractivity contribution in [1.29, 1.82) is 0 Å². The van der Waals surface area contributed by atoms with Crippen LogP contribution in [0.5, 0.6) is 0 Å². The third-order valence-corrected chi connectivity index (χ3v) is 3.66. The van der Waals surface area contributed by atoms with Crippen LogP contribution in [0.3, 0.4) is 0 Å². The van der Waals surface area contributed by atoms with E-state index in [0.717, 1.165) is 18.1 Å². The molecule has 1 atom stereocenters. The van der Waals surface area contributed by atoms with E-state index in [2.05, 4.69) is 31.3 Å². The van der Waals surface area contributed by atoms with E-state index < -0.39 is 0 Å². The van der Waals surface area contributed by atoms with Crippen LogP contribution in [0.15, 0.2) is 24.3 Å². The molecule has 1 aromatic rings. The number of piperidine rings is 1. The normalized spacial score (nSPS) is 25.1. The molecule has 0 aliphatic carbocycles. The average Bonchev–Trinajstić information content (AvgIpc) is 2.19. The Hall–Kier alpha value is -0.530. The molecule has 1 aliphatic rings. The van der Waals surface area contributed by atoms with Gasteiger partial charge in [0.2, 0.25) is 0 Å². The SMILES string of the molecule is CC1(C)CNCC[C@H]1c1ccc(Cl)cc1. The summed E-state index contributed by atoms with van der Waals surface area (Å²) in [6.45, 7) is 6.88. The van der Waals surface area contributed by atoms with Crippen molar-refractivity contribution in [2.24, 2.45) is 5.41 Å². The van der Waals surface area contributed by atoms with Gasteiger partial charge in [-0.05, 0) is 42.0 Å². The average molecular weight is 224 g/mol. The van der Waals surface area contributed by atoms with Crippen LogP contribution in [0.1, 0.15) is 31.7 Å². The topological polar surface area (TPSA) is 12.0 Å². The lowest BCUT2D eigenvalue weighted by Gasteiger charge is -2.39. The number of benzene rings is 1. The van der Waals surface area contributed by atoms with E-state index in [1.807, 2.05) is 12.1 Å². The molecule has 2 heteroatoms. The zero-order chi connectivity index (χ0) is 10.9. The lowest BCUT2D eigenvalue weighted by atomic mass is 9.71. The first kappa shape index (κ1) is 11.0. The van der Waals surface area contributed by atoms with Crippen LogP contribution in [-0.2, 0) is 0 Å². The van der Waals surface area contributed by atoms with Crippen LogP contribution in [0, 0.1) is 5.41 Å². The summed E-state index contributed by atoms with van der Waals surface area (Å²) >= 11 is 5.91. The summed E-state index contributed by atoms with van der Waals surface area (Å²) in [5, 5.41) is 4.28. The molecule has 1 saturated heterocycles. The molecule has 0 bridgehead atoms. The zero-order valence-electron chi connectivity index (χ0n) is 9.39. The number of hydrogen-bond acceptors (Lipinski definition) is 1. The molecular formula is C13H18ClN. The summed E-state index contributed by atoms with van der Waals surface area (Å²) in [6.07, 6.45) is 1.22. The van der Waals surface area contributed by atoms with Crippen LogP contribution in [0.2, 0.25) is 5.02 Å². The highest BCUT2D eigenvalue weighted by molar-refractivity contribution is 6.30. The minimum Gasteiger partial charge on any atom is -0.316 e. The summed E-state index contributed by atoms with van der Waals surface area (Å²) < 4.78 is 0. The molecule has 1 fully saturated rings. The lowest BCUT2D eigenvalue weighted by molar-refractivity contribution is 0.219. The minimum atomic E-state index is 0.339. The second kappa shape index (κ2) is 4.15. The first-order valence-corrected chi connectivity index (χ1v) is 5.93. The maximum atomic E-state index is 5.91. The van der Waals surface area contributed by atoms with Gasteiger partial charge in [-0.3, -0.25) is 0 Å². The highest BCUT2D eigenvalue weighted by atomic mass is 35.5. The van der Waals surface area contributed by atoms with Crippen molar-refractivity contribution in [3.8, 4) is 0 Å². The third kappa shape index (κ3) is 2.35. The fourth-order valence-electron chi connectivity index (χ4n) is 2.48. The van der Waals surface area contributed by atoms with Crippen molar-refractivity contribution in [3.05, 3.63) is 34.9 Å². The Morgan fingerprint density at radius 3 is 2.53 bits per heavy atom. The van der Waals surface area contributed by atoms with Gasteiger partial charge in [0.25, 0.3) is 0 Å². The van der Waals surface area contributed by atoms with Gasteiger partial charge in [-0.1, -0.05) is 37.6 Å². The van der Waals surface area contributed by atoms with Crippen LogP contribution < -0.4 is 5.32 Å². The molecule has 0 aromatic heterocycles. The second-order valence-electron chi connectivity index (χ2n) is 5.06. The van der Waals surface area contributed by atoms with Gasteiger partial charge in [-0.2, -0.15) is 0 Å². The number of hydrogen-bond donors (Lipinski definition) is 1.